The maximum Gasteiger partial charge on any atom is 0.409 e. The van der Waals surface area contributed by atoms with E-state index in [4.69, 9.17) is 4.74 Å². The number of amides is 2. The van der Waals surface area contributed by atoms with Gasteiger partial charge in [0, 0.05) is 18.7 Å². The molecule has 2 aromatic rings. The van der Waals surface area contributed by atoms with Crippen molar-refractivity contribution in [2.45, 2.75) is 0 Å². The molecule has 1 heterocycles. The van der Waals surface area contributed by atoms with Gasteiger partial charge in [0.25, 0.3) is 5.91 Å². The fourth-order valence-corrected chi connectivity index (χ4v) is 2.51. The van der Waals surface area contributed by atoms with E-state index in [1.807, 2.05) is 48.5 Å². The van der Waals surface area contributed by atoms with E-state index in [-0.39, 0.29) is 12.0 Å². The van der Waals surface area contributed by atoms with Crippen LogP contribution in [0.15, 0.2) is 54.6 Å². The Morgan fingerprint density at radius 3 is 2.61 bits per heavy atom. The molecule has 1 saturated heterocycles. The van der Waals surface area contributed by atoms with Crippen molar-refractivity contribution < 1.29 is 14.3 Å². The number of benzene rings is 2. The highest BCUT2D eigenvalue weighted by Crippen LogP contribution is 2.19. The first kappa shape index (κ1) is 15.1. The van der Waals surface area contributed by atoms with Gasteiger partial charge in [-0.2, -0.15) is 0 Å². The highest BCUT2D eigenvalue weighted by atomic mass is 16.6. The first-order chi connectivity index (χ1) is 11.2. The molecule has 5 heteroatoms. The van der Waals surface area contributed by atoms with Crippen LogP contribution in [-0.4, -0.2) is 43.1 Å². The molecular weight excluding hydrogens is 292 g/mol. The summed E-state index contributed by atoms with van der Waals surface area (Å²) in [5.74, 6) is -0.143. The number of carbonyl (C=O) groups is 2. The molecule has 0 bridgehead atoms. The summed E-state index contributed by atoms with van der Waals surface area (Å²) in [6, 6.07) is 17.4. The molecule has 0 aromatic heterocycles. The summed E-state index contributed by atoms with van der Waals surface area (Å²) in [5.41, 5.74) is 2.68. The Hall–Kier alpha value is -2.82. The second-order valence-corrected chi connectivity index (χ2v) is 5.30. The van der Waals surface area contributed by atoms with Crippen molar-refractivity contribution in [3.05, 3.63) is 60.2 Å². The van der Waals surface area contributed by atoms with Crippen LogP contribution in [0.2, 0.25) is 0 Å². The van der Waals surface area contributed by atoms with E-state index in [9.17, 15) is 9.59 Å². The average Bonchev–Trinajstić information content (AvgIpc) is 3.01. The molecule has 1 aliphatic heterocycles. The van der Waals surface area contributed by atoms with Crippen molar-refractivity contribution >= 4 is 12.0 Å². The van der Waals surface area contributed by atoms with Crippen LogP contribution in [0.5, 0.6) is 0 Å². The van der Waals surface area contributed by atoms with E-state index in [2.05, 4.69) is 5.32 Å². The number of ether oxygens (including phenoxy) is 1. The van der Waals surface area contributed by atoms with Crippen molar-refractivity contribution in [1.29, 1.82) is 0 Å². The second kappa shape index (κ2) is 6.96. The topological polar surface area (TPSA) is 58.6 Å². The van der Waals surface area contributed by atoms with Gasteiger partial charge in [-0.3, -0.25) is 4.79 Å². The summed E-state index contributed by atoms with van der Waals surface area (Å²) in [5, 5.41) is 2.84. The molecule has 3 rings (SSSR count). The van der Waals surface area contributed by atoms with E-state index >= 15 is 0 Å². The van der Waals surface area contributed by atoms with Gasteiger partial charge in [0.15, 0.2) is 0 Å². The predicted octanol–water partition coefficient (Wildman–Crippen LogP) is 2.54. The Bertz CT molecular complexity index is 700. The van der Waals surface area contributed by atoms with Gasteiger partial charge in [0.2, 0.25) is 0 Å². The van der Waals surface area contributed by atoms with Gasteiger partial charge in [-0.25, -0.2) is 4.79 Å². The number of hydrogen-bond acceptors (Lipinski definition) is 3. The lowest BCUT2D eigenvalue weighted by Gasteiger charge is -2.13. The highest BCUT2D eigenvalue weighted by Gasteiger charge is 2.21. The smallest absolute Gasteiger partial charge is 0.409 e. The Kier molecular flexibility index (Phi) is 4.57. The Balaban J connectivity index is 1.60. The van der Waals surface area contributed by atoms with Crippen LogP contribution >= 0.6 is 0 Å². The predicted molar refractivity (Wildman–Crippen MR) is 87.1 cm³/mol. The second-order valence-electron chi connectivity index (χ2n) is 5.30. The minimum absolute atomic E-state index is 0.143. The van der Waals surface area contributed by atoms with Crippen LogP contribution in [-0.2, 0) is 4.74 Å². The van der Waals surface area contributed by atoms with E-state index in [1.54, 1.807) is 11.0 Å². The van der Waals surface area contributed by atoms with Crippen LogP contribution in [0.4, 0.5) is 4.79 Å². The van der Waals surface area contributed by atoms with E-state index < -0.39 is 0 Å². The zero-order valence-corrected chi connectivity index (χ0v) is 12.7. The average molecular weight is 310 g/mol. The third-order valence-electron chi connectivity index (χ3n) is 3.74. The molecule has 118 valence electrons. The van der Waals surface area contributed by atoms with Crippen LogP contribution in [0.1, 0.15) is 10.4 Å². The zero-order chi connectivity index (χ0) is 16.1. The largest absolute Gasteiger partial charge is 0.448 e. The third-order valence-corrected chi connectivity index (χ3v) is 3.74. The molecule has 0 spiro atoms. The molecular formula is C18H18N2O3. The summed E-state index contributed by atoms with van der Waals surface area (Å²) in [4.78, 5) is 25.1. The number of rotatable bonds is 5. The SMILES string of the molecule is O=C(NCCN1CCOC1=O)c1cccc(-c2ccccc2)c1. The molecule has 5 nitrogen and oxygen atoms in total. The lowest BCUT2D eigenvalue weighted by Crippen LogP contribution is -2.35. The zero-order valence-electron chi connectivity index (χ0n) is 12.7. The highest BCUT2D eigenvalue weighted by molar-refractivity contribution is 5.95. The summed E-state index contributed by atoms with van der Waals surface area (Å²) in [6.45, 7) is 1.87. The standard InChI is InChI=1S/C18H18N2O3/c21-17(19-9-10-20-11-12-23-18(20)22)16-8-4-7-15(13-16)14-5-2-1-3-6-14/h1-8,13H,9-12H2,(H,19,21). The Morgan fingerprint density at radius 2 is 1.87 bits per heavy atom. The fourth-order valence-electron chi connectivity index (χ4n) is 2.51. The van der Waals surface area contributed by atoms with Crippen LogP contribution in [0, 0.1) is 0 Å². The van der Waals surface area contributed by atoms with Gasteiger partial charge in [-0.1, -0.05) is 42.5 Å². The Labute approximate surface area is 134 Å². The number of nitrogens with zero attached hydrogens (tertiary/aromatic N) is 1. The molecule has 0 aliphatic carbocycles. The molecule has 2 amide bonds. The Morgan fingerprint density at radius 1 is 1.09 bits per heavy atom. The van der Waals surface area contributed by atoms with Crippen LogP contribution < -0.4 is 5.32 Å². The van der Waals surface area contributed by atoms with Crippen molar-refractivity contribution in [3.8, 4) is 11.1 Å². The quantitative estimate of drug-likeness (QED) is 0.923. The van der Waals surface area contributed by atoms with E-state index in [1.165, 1.54) is 0 Å². The molecule has 1 aliphatic rings. The molecule has 0 saturated carbocycles. The van der Waals surface area contributed by atoms with E-state index in [0.717, 1.165) is 11.1 Å². The maximum absolute atomic E-state index is 12.2. The molecule has 1 N–H and O–H groups in total. The molecule has 0 atom stereocenters. The summed E-state index contributed by atoms with van der Waals surface area (Å²) in [7, 11) is 0. The first-order valence-corrected chi connectivity index (χ1v) is 7.59. The van der Waals surface area contributed by atoms with E-state index in [0.29, 0.717) is 31.8 Å². The van der Waals surface area contributed by atoms with Gasteiger partial charge in [0.1, 0.15) is 6.61 Å². The summed E-state index contributed by atoms with van der Waals surface area (Å²) in [6.07, 6.45) is -0.315. The van der Waals surface area contributed by atoms with Gasteiger partial charge >= 0.3 is 6.09 Å². The molecule has 23 heavy (non-hydrogen) atoms. The minimum atomic E-state index is -0.315. The molecule has 0 unspecified atom stereocenters. The van der Waals surface area contributed by atoms with Gasteiger partial charge in [0.05, 0.1) is 6.54 Å². The lowest BCUT2D eigenvalue weighted by atomic mass is 10.0. The van der Waals surface area contributed by atoms with Crippen molar-refractivity contribution in [1.82, 2.24) is 10.2 Å². The number of carbonyl (C=O) groups excluding carboxylic acids is 2. The van der Waals surface area contributed by atoms with Gasteiger partial charge < -0.3 is 15.0 Å². The normalized spacial score (nSPS) is 13.7. The third kappa shape index (κ3) is 3.69. The summed E-state index contributed by atoms with van der Waals surface area (Å²) >= 11 is 0. The minimum Gasteiger partial charge on any atom is -0.448 e. The van der Waals surface area contributed by atoms with Crippen LogP contribution in [0.25, 0.3) is 11.1 Å². The van der Waals surface area contributed by atoms with Crippen molar-refractivity contribution in [2.24, 2.45) is 0 Å². The van der Waals surface area contributed by atoms with Crippen LogP contribution in [0.3, 0.4) is 0 Å². The summed E-state index contributed by atoms with van der Waals surface area (Å²) < 4.78 is 4.85. The fraction of sp³-hybridized carbons (Fsp3) is 0.222. The number of nitrogens with one attached hydrogen (secondary N) is 1. The molecule has 1 fully saturated rings. The maximum atomic E-state index is 12.2. The molecule has 2 aromatic carbocycles. The van der Waals surface area contributed by atoms with Crippen molar-refractivity contribution in [2.75, 3.05) is 26.2 Å². The van der Waals surface area contributed by atoms with Crippen molar-refractivity contribution in [3.63, 3.8) is 0 Å². The lowest BCUT2D eigenvalue weighted by molar-refractivity contribution is 0.0949. The first-order valence-electron chi connectivity index (χ1n) is 7.59. The molecule has 0 radical (unpaired) electrons. The monoisotopic (exact) mass is 310 g/mol. The number of cyclic esters (lactones) is 1. The number of hydrogen-bond donors (Lipinski definition) is 1. The van der Waals surface area contributed by atoms with Gasteiger partial charge in [-0.05, 0) is 23.3 Å². The van der Waals surface area contributed by atoms with Gasteiger partial charge in [-0.15, -0.1) is 0 Å².